The highest BCUT2D eigenvalue weighted by molar-refractivity contribution is 5.07. The highest BCUT2D eigenvalue weighted by Gasteiger charge is 2.27. The molecule has 4 rings (SSSR count). The standard InChI is InChI=1S/C15H21N5O/c1-3-11(4-1)15-19-18-14(21-15)10-20-8-2-5-12(9-20)13-6-7-16-17-13/h6-7,11-12H,1-5,8-10H2,(H,16,17)/t12-/m0/s1. The highest BCUT2D eigenvalue weighted by Crippen LogP contribution is 2.35. The largest absolute Gasteiger partial charge is 0.424 e. The van der Waals surface area contributed by atoms with E-state index in [1.807, 2.05) is 6.20 Å². The normalized spacial score (nSPS) is 24.1. The average molecular weight is 287 g/mol. The van der Waals surface area contributed by atoms with Crippen molar-refractivity contribution in [3.63, 3.8) is 0 Å². The van der Waals surface area contributed by atoms with Crippen LogP contribution in [0.15, 0.2) is 16.7 Å². The number of aromatic amines is 1. The lowest BCUT2D eigenvalue weighted by atomic mass is 9.85. The van der Waals surface area contributed by atoms with Crippen LogP contribution in [0.2, 0.25) is 0 Å². The Morgan fingerprint density at radius 2 is 2.10 bits per heavy atom. The van der Waals surface area contributed by atoms with E-state index in [2.05, 4.69) is 31.4 Å². The van der Waals surface area contributed by atoms with E-state index >= 15 is 0 Å². The number of rotatable bonds is 4. The summed E-state index contributed by atoms with van der Waals surface area (Å²) < 4.78 is 5.83. The van der Waals surface area contributed by atoms with Gasteiger partial charge in [-0.3, -0.25) is 10.00 Å². The molecule has 0 spiro atoms. The lowest BCUT2D eigenvalue weighted by Gasteiger charge is -2.31. The van der Waals surface area contributed by atoms with Gasteiger partial charge < -0.3 is 4.42 Å². The summed E-state index contributed by atoms with van der Waals surface area (Å²) in [7, 11) is 0. The topological polar surface area (TPSA) is 70.8 Å². The molecule has 1 aliphatic carbocycles. The zero-order valence-corrected chi connectivity index (χ0v) is 12.2. The molecule has 1 N–H and O–H groups in total. The van der Waals surface area contributed by atoms with Crippen LogP contribution in [-0.2, 0) is 6.54 Å². The van der Waals surface area contributed by atoms with E-state index in [4.69, 9.17) is 4.42 Å². The molecule has 1 aliphatic heterocycles. The molecule has 2 aromatic heterocycles. The van der Waals surface area contributed by atoms with E-state index in [9.17, 15) is 0 Å². The molecule has 0 aromatic carbocycles. The lowest BCUT2D eigenvalue weighted by Crippen LogP contribution is -2.34. The van der Waals surface area contributed by atoms with Crippen LogP contribution in [0.3, 0.4) is 0 Å². The molecule has 6 heteroatoms. The van der Waals surface area contributed by atoms with Gasteiger partial charge >= 0.3 is 0 Å². The van der Waals surface area contributed by atoms with Gasteiger partial charge in [0.15, 0.2) is 0 Å². The quantitative estimate of drug-likeness (QED) is 0.935. The number of nitrogens with one attached hydrogen (secondary N) is 1. The molecule has 0 radical (unpaired) electrons. The van der Waals surface area contributed by atoms with Crippen molar-refractivity contribution in [1.29, 1.82) is 0 Å². The van der Waals surface area contributed by atoms with Gasteiger partial charge in [-0.1, -0.05) is 6.42 Å². The number of hydrogen-bond acceptors (Lipinski definition) is 5. The second kappa shape index (κ2) is 5.60. The third-order valence-corrected chi connectivity index (χ3v) is 4.76. The Morgan fingerprint density at radius 1 is 1.19 bits per heavy atom. The smallest absolute Gasteiger partial charge is 0.230 e. The highest BCUT2D eigenvalue weighted by atomic mass is 16.4. The van der Waals surface area contributed by atoms with Crippen LogP contribution in [-0.4, -0.2) is 38.4 Å². The van der Waals surface area contributed by atoms with Crippen molar-refractivity contribution in [2.75, 3.05) is 13.1 Å². The van der Waals surface area contributed by atoms with Gasteiger partial charge in [-0.05, 0) is 38.3 Å². The van der Waals surface area contributed by atoms with Crippen molar-refractivity contribution in [1.82, 2.24) is 25.3 Å². The van der Waals surface area contributed by atoms with E-state index in [1.165, 1.54) is 37.8 Å². The molecule has 1 atom stereocenters. The van der Waals surface area contributed by atoms with E-state index in [-0.39, 0.29) is 0 Å². The summed E-state index contributed by atoms with van der Waals surface area (Å²) in [5, 5.41) is 15.6. The molecule has 0 unspecified atom stereocenters. The average Bonchev–Trinajstić information content (AvgIpc) is 3.09. The molecule has 21 heavy (non-hydrogen) atoms. The van der Waals surface area contributed by atoms with Gasteiger partial charge in [-0.25, -0.2) is 0 Å². The van der Waals surface area contributed by atoms with Gasteiger partial charge in [0.1, 0.15) is 0 Å². The van der Waals surface area contributed by atoms with Gasteiger partial charge in [0.2, 0.25) is 11.8 Å². The van der Waals surface area contributed by atoms with Crippen LogP contribution in [0, 0.1) is 0 Å². The van der Waals surface area contributed by atoms with Gasteiger partial charge in [-0.2, -0.15) is 5.10 Å². The molecule has 0 bridgehead atoms. The van der Waals surface area contributed by atoms with Gasteiger partial charge in [-0.15, -0.1) is 10.2 Å². The maximum absolute atomic E-state index is 5.83. The Bertz CT molecular complexity index is 575. The first-order chi connectivity index (χ1) is 10.4. The predicted octanol–water partition coefficient (Wildman–Crippen LogP) is 2.44. The number of likely N-dealkylation sites (tertiary alicyclic amines) is 1. The summed E-state index contributed by atoms with van der Waals surface area (Å²) in [6, 6.07) is 2.08. The van der Waals surface area contributed by atoms with Gasteiger partial charge in [0.25, 0.3) is 0 Å². The maximum Gasteiger partial charge on any atom is 0.230 e. The summed E-state index contributed by atoms with van der Waals surface area (Å²) >= 11 is 0. The zero-order valence-electron chi connectivity index (χ0n) is 12.2. The molecule has 0 amide bonds. The first-order valence-corrected chi connectivity index (χ1v) is 7.92. The maximum atomic E-state index is 5.83. The number of aromatic nitrogens is 4. The van der Waals surface area contributed by atoms with Gasteiger partial charge in [0, 0.05) is 30.3 Å². The second-order valence-electron chi connectivity index (χ2n) is 6.25. The van der Waals surface area contributed by atoms with Crippen LogP contribution in [0.4, 0.5) is 0 Å². The Balaban J connectivity index is 1.38. The molecule has 2 aromatic rings. The number of piperidine rings is 1. The van der Waals surface area contributed by atoms with Crippen molar-refractivity contribution in [3.8, 4) is 0 Å². The molecule has 112 valence electrons. The van der Waals surface area contributed by atoms with Gasteiger partial charge in [0.05, 0.1) is 6.54 Å². The molecule has 1 saturated heterocycles. The van der Waals surface area contributed by atoms with Crippen molar-refractivity contribution < 1.29 is 4.42 Å². The molecular formula is C15H21N5O. The van der Waals surface area contributed by atoms with E-state index in [1.54, 1.807) is 0 Å². The molecule has 2 fully saturated rings. The van der Waals surface area contributed by atoms with Crippen LogP contribution in [0.25, 0.3) is 0 Å². The number of H-pyrrole nitrogens is 1. The van der Waals surface area contributed by atoms with Crippen molar-refractivity contribution >= 4 is 0 Å². The Labute approximate surface area is 123 Å². The van der Waals surface area contributed by atoms with Crippen molar-refractivity contribution in [3.05, 3.63) is 29.7 Å². The van der Waals surface area contributed by atoms with Crippen molar-refractivity contribution in [2.45, 2.75) is 50.5 Å². The zero-order chi connectivity index (χ0) is 14.1. The minimum Gasteiger partial charge on any atom is -0.424 e. The third-order valence-electron chi connectivity index (χ3n) is 4.76. The van der Waals surface area contributed by atoms with E-state index < -0.39 is 0 Å². The first kappa shape index (κ1) is 13.0. The Kier molecular flexibility index (Phi) is 3.47. The number of hydrogen-bond donors (Lipinski definition) is 1. The molecule has 6 nitrogen and oxygen atoms in total. The fourth-order valence-electron chi connectivity index (χ4n) is 3.29. The summed E-state index contributed by atoms with van der Waals surface area (Å²) in [6.07, 6.45) is 7.95. The first-order valence-electron chi connectivity index (χ1n) is 7.92. The molecule has 2 aliphatic rings. The minimum absolute atomic E-state index is 0.519. The van der Waals surface area contributed by atoms with E-state index in [0.29, 0.717) is 11.8 Å². The fourth-order valence-corrected chi connectivity index (χ4v) is 3.29. The summed E-state index contributed by atoms with van der Waals surface area (Å²) in [6.45, 7) is 2.90. The van der Waals surface area contributed by atoms with Crippen LogP contribution < -0.4 is 0 Å². The summed E-state index contributed by atoms with van der Waals surface area (Å²) in [5.41, 5.74) is 1.24. The minimum atomic E-state index is 0.519. The van der Waals surface area contributed by atoms with Crippen molar-refractivity contribution in [2.24, 2.45) is 0 Å². The van der Waals surface area contributed by atoms with E-state index in [0.717, 1.165) is 31.4 Å². The monoisotopic (exact) mass is 287 g/mol. The van der Waals surface area contributed by atoms with Crippen LogP contribution in [0.1, 0.15) is 61.4 Å². The number of nitrogens with zero attached hydrogens (tertiary/aromatic N) is 4. The Morgan fingerprint density at radius 3 is 2.86 bits per heavy atom. The predicted molar refractivity (Wildman–Crippen MR) is 76.7 cm³/mol. The fraction of sp³-hybridized carbons (Fsp3) is 0.667. The second-order valence-corrected chi connectivity index (χ2v) is 6.25. The third kappa shape index (κ3) is 2.72. The molecule has 1 saturated carbocycles. The molecule has 3 heterocycles. The lowest BCUT2D eigenvalue weighted by molar-refractivity contribution is 0.179. The van der Waals surface area contributed by atoms with Crippen LogP contribution in [0.5, 0.6) is 0 Å². The summed E-state index contributed by atoms with van der Waals surface area (Å²) in [4.78, 5) is 2.41. The molecular weight excluding hydrogens is 266 g/mol. The summed E-state index contributed by atoms with van der Waals surface area (Å²) in [5.74, 6) is 2.67. The van der Waals surface area contributed by atoms with Crippen LogP contribution >= 0.6 is 0 Å². The Hall–Kier alpha value is -1.69. The SMILES string of the molecule is c1cc([C@H]2CCCN(Cc3nnc(C4CCC4)o3)C2)[nH]n1.